The van der Waals surface area contributed by atoms with Crippen LogP contribution in [0.3, 0.4) is 0 Å². The number of nitrogens with zero attached hydrogens (tertiary/aromatic N) is 1. The van der Waals surface area contributed by atoms with Crippen molar-refractivity contribution in [2.45, 2.75) is 76.3 Å². The third kappa shape index (κ3) is 4.38. The first-order valence-electron chi connectivity index (χ1n) is 11.9. The van der Waals surface area contributed by atoms with E-state index in [-0.39, 0.29) is 30.4 Å². The van der Waals surface area contributed by atoms with Crippen LogP contribution in [0, 0.1) is 11.8 Å². The van der Waals surface area contributed by atoms with Crippen LogP contribution in [0.2, 0.25) is 0 Å². The summed E-state index contributed by atoms with van der Waals surface area (Å²) in [5.41, 5.74) is -0.463. The second-order valence-electron chi connectivity index (χ2n) is 10.5. The van der Waals surface area contributed by atoms with Crippen molar-refractivity contribution >= 4 is 17.7 Å². The molecule has 3 heterocycles. The highest BCUT2D eigenvalue weighted by Crippen LogP contribution is 2.58. The lowest BCUT2D eigenvalue weighted by Gasteiger charge is -2.35. The smallest absolute Gasteiger partial charge is 0.246 e. The summed E-state index contributed by atoms with van der Waals surface area (Å²) in [5.74, 6) is -1.91. The van der Waals surface area contributed by atoms with Crippen molar-refractivity contribution in [1.29, 1.82) is 0 Å². The number of rotatable bonds is 8. The van der Waals surface area contributed by atoms with Gasteiger partial charge in [0.25, 0.3) is 0 Å². The molecule has 3 aliphatic rings. The number of nitrogens with one attached hydrogen (secondary N) is 2. The van der Waals surface area contributed by atoms with Crippen molar-refractivity contribution in [3.8, 4) is 0 Å². The van der Waals surface area contributed by atoms with E-state index in [0.717, 1.165) is 5.56 Å². The van der Waals surface area contributed by atoms with Crippen molar-refractivity contribution < 1.29 is 24.2 Å². The fourth-order valence-electron chi connectivity index (χ4n) is 5.73. The molecule has 5 atom stereocenters. The monoisotopic (exact) mass is 457 g/mol. The van der Waals surface area contributed by atoms with Gasteiger partial charge in [0, 0.05) is 25.2 Å². The summed E-state index contributed by atoms with van der Waals surface area (Å²) in [6.45, 7) is 6.47. The first-order valence-corrected chi connectivity index (χ1v) is 11.9. The number of unbranched alkanes of at least 4 members (excludes halogenated alkanes) is 1. The maximum absolute atomic E-state index is 13.7. The predicted octanol–water partition coefficient (Wildman–Crippen LogP) is 1.36. The van der Waals surface area contributed by atoms with Crippen molar-refractivity contribution in [2.75, 3.05) is 13.2 Å². The van der Waals surface area contributed by atoms with Crippen LogP contribution < -0.4 is 10.6 Å². The number of ether oxygens (including phenoxy) is 1. The number of fused-ring (bicyclic) bond motifs is 1. The molecule has 3 fully saturated rings. The second-order valence-corrected chi connectivity index (χ2v) is 10.5. The molecule has 0 aliphatic carbocycles. The first kappa shape index (κ1) is 23.7. The molecule has 2 unspecified atom stereocenters. The van der Waals surface area contributed by atoms with Crippen LogP contribution in [0.15, 0.2) is 30.3 Å². The summed E-state index contributed by atoms with van der Waals surface area (Å²) in [7, 11) is 0. The van der Waals surface area contributed by atoms with Crippen molar-refractivity contribution in [3.63, 3.8) is 0 Å². The Morgan fingerprint density at radius 1 is 1.18 bits per heavy atom. The molecular formula is C25H35N3O5. The highest BCUT2D eigenvalue weighted by molar-refractivity contribution is 5.99. The van der Waals surface area contributed by atoms with Gasteiger partial charge in [0.05, 0.1) is 17.9 Å². The number of carbonyl (C=O) groups is 3. The molecule has 1 aromatic rings. The van der Waals surface area contributed by atoms with Gasteiger partial charge in [-0.2, -0.15) is 0 Å². The Balaban J connectivity index is 1.59. The van der Waals surface area contributed by atoms with Crippen LogP contribution in [0.1, 0.15) is 52.0 Å². The predicted molar refractivity (Wildman–Crippen MR) is 122 cm³/mol. The summed E-state index contributed by atoms with van der Waals surface area (Å²) in [5, 5.41) is 15.2. The van der Waals surface area contributed by atoms with E-state index in [1.807, 2.05) is 51.1 Å². The molecule has 3 amide bonds. The summed E-state index contributed by atoms with van der Waals surface area (Å²) < 4.78 is 6.39. The van der Waals surface area contributed by atoms with E-state index < -0.39 is 29.0 Å². The Morgan fingerprint density at radius 2 is 1.91 bits per heavy atom. The SMILES string of the molecule is CC(C)(C)NC(=O)C1N(CCCCO)C(=O)[C@@H]2[C@@H](C(=O)NCc3ccccc3)[C@H]3CCC12O3. The van der Waals surface area contributed by atoms with E-state index in [2.05, 4.69) is 10.6 Å². The third-order valence-corrected chi connectivity index (χ3v) is 6.97. The number of aliphatic hydroxyl groups excluding tert-OH is 1. The molecule has 3 N–H and O–H groups in total. The molecule has 0 radical (unpaired) electrons. The second kappa shape index (κ2) is 9.06. The normalized spacial score (nSPS) is 30.4. The highest BCUT2D eigenvalue weighted by atomic mass is 16.5. The lowest BCUT2D eigenvalue weighted by atomic mass is 9.70. The largest absolute Gasteiger partial charge is 0.396 e. The molecular weight excluding hydrogens is 422 g/mol. The van der Waals surface area contributed by atoms with Gasteiger partial charge in [-0.15, -0.1) is 0 Å². The first-order chi connectivity index (χ1) is 15.7. The van der Waals surface area contributed by atoms with E-state index in [4.69, 9.17) is 4.74 Å². The van der Waals surface area contributed by atoms with Crippen molar-refractivity contribution in [2.24, 2.45) is 11.8 Å². The summed E-state index contributed by atoms with van der Waals surface area (Å²) >= 11 is 0. The zero-order valence-electron chi connectivity index (χ0n) is 19.7. The quantitative estimate of drug-likeness (QED) is 0.511. The molecule has 3 aliphatic heterocycles. The van der Waals surface area contributed by atoms with E-state index in [1.54, 1.807) is 4.90 Å². The van der Waals surface area contributed by atoms with E-state index in [9.17, 15) is 19.5 Å². The molecule has 33 heavy (non-hydrogen) atoms. The molecule has 180 valence electrons. The number of hydrogen-bond acceptors (Lipinski definition) is 5. The zero-order valence-corrected chi connectivity index (χ0v) is 19.7. The topological polar surface area (TPSA) is 108 Å². The molecule has 0 saturated carbocycles. The molecule has 4 rings (SSSR count). The minimum Gasteiger partial charge on any atom is -0.396 e. The molecule has 3 saturated heterocycles. The Bertz CT molecular complexity index is 899. The lowest BCUT2D eigenvalue weighted by Crippen LogP contribution is -2.58. The number of likely N-dealkylation sites (tertiary alicyclic amines) is 1. The molecule has 8 heteroatoms. The Kier molecular flexibility index (Phi) is 6.51. The lowest BCUT2D eigenvalue weighted by molar-refractivity contribution is -0.142. The van der Waals surface area contributed by atoms with Crippen LogP contribution in [-0.2, 0) is 25.7 Å². The fraction of sp³-hybridized carbons (Fsp3) is 0.640. The number of amides is 3. The average Bonchev–Trinajstić information content (AvgIpc) is 3.39. The van der Waals surface area contributed by atoms with Gasteiger partial charge in [0.2, 0.25) is 17.7 Å². The van der Waals surface area contributed by atoms with Gasteiger partial charge >= 0.3 is 0 Å². The number of carbonyl (C=O) groups excluding carboxylic acids is 3. The van der Waals surface area contributed by atoms with E-state index >= 15 is 0 Å². The van der Waals surface area contributed by atoms with Gasteiger partial charge in [0.15, 0.2) is 0 Å². The standard InChI is InChI=1S/C25H35N3O5/c1-24(2,3)27-22(31)20-25-12-11-17(33-25)18(19(25)23(32)28(20)13-7-8-14-29)21(30)26-15-16-9-5-4-6-10-16/h4-6,9-10,17-20,29H,7-8,11-15H2,1-3H3,(H,26,30)(H,27,31)/t17-,18+,19+,20?,25?/m1/s1. The van der Waals surface area contributed by atoms with Gasteiger partial charge in [-0.05, 0) is 52.0 Å². The Labute approximate surface area is 195 Å². The van der Waals surface area contributed by atoms with E-state index in [0.29, 0.717) is 38.8 Å². The minimum absolute atomic E-state index is 0.0263. The van der Waals surface area contributed by atoms with Crippen LogP contribution in [0.5, 0.6) is 0 Å². The van der Waals surface area contributed by atoms with Crippen molar-refractivity contribution in [1.82, 2.24) is 15.5 Å². The number of hydrogen-bond donors (Lipinski definition) is 3. The minimum atomic E-state index is -0.981. The fourth-order valence-corrected chi connectivity index (χ4v) is 5.73. The molecule has 8 nitrogen and oxygen atoms in total. The Hall–Kier alpha value is -2.45. The Morgan fingerprint density at radius 3 is 2.58 bits per heavy atom. The maximum Gasteiger partial charge on any atom is 0.246 e. The third-order valence-electron chi connectivity index (χ3n) is 6.97. The summed E-state index contributed by atoms with van der Waals surface area (Å²) in [6, 6.07) is 8.86. The van der Waals surface area contributed by atoms with E-state index in [1.165, 1.54) is 0 Å². The van der Waals surface area contributed by atoms with Gasteiger partial charge in [0.1, 0.15) is 11.6 Å². The molecule has 1 spiro atoms. The average molecular weight is 458 g/mol. The molecule has 0 aromatic heterocycles. The van der Waals surface area contributed by atoms with Crippen molar-refractivity contribution in [3.05, 3.63) is 35.9 Å². The van der Waals surface area contributed by atoms with Crippen LogP contribution in [0.4, 0.5) is 0 Å². The van der Waals surface area contributed by atoms with Gasteiger partial charge in [-0.3, -0.25) is 14.4 Å². The zero-order chi connectivity index (χ0) is 23.8. The highest BCUT2D eigenvalue weighted by Gasteiger charge is 2.74. The van der Waals surface area contributed by atoms with Gasteiger partial charge in [-0.1, -0.05) is 30.3 Å². The number of benzene rings is 1. The van der Waals surface area contributed by atoms with Crippen LogP contribution in [0.25, 0.3) is 0 Å². The molecule has 2 bridgehead atoms. The molecule has 1 aromatic carbocycles. The number of aliphatic hydroxyl groups is 1. The van der Waals surface area contributed by atoms with Crippen LogP contribution in [-0.4, -0.2) is 64.2 Å². The van der Waals surface area contributed by atoms with Gasteiger partial charge in [-0.25, -0.2) is 0 Å². The summed E-state index contributed by atoms with van der Waals surface area (Å²) in [4.78, 5) is 42.0. The maximum atomic E-state index is 13.7. The summed E-state index contributed by atoms with van der Waals surface area (Å²) in [6.07, 6.45) is 1.99. The van der Waals surface area contributed by atoms with Gasteiger partial charge < -0.3 is 25.4 Å². The van der Waals surface area contributed by atoms with Crippen LogP contribution >= 0.6 is 0 Å².